The maximum Gasteiger partial charge on any atom is 0.407 e. The molecule has 4 atom stereocenters. The number of nitrogens with one attached hydrogen (secondary N) is 1. The van der Waals surface area contributed by atoms with Crippen LogP contribution in [0.15, 0.2) is 42.5 Å². The number of carbonyl (C=O) groups is 1. The zero-order chi connectivity index (χ0) is 25.5. The zero-order valence-corrected chi connectivity index (χ0v) is 20.5. The van der Waals surface area contributed by atoms with Crippen molar-refractivity contribution in [1.29, 1.82) is 0 Å². The lowest BCUT2D eigenvalue weighted by Gasteiger charge is -2.42. The number of benzene rings is 2. The molecule has 2 aliphatic heterocycles. The molecule has 0 bridgehead atoms. The fraction of sp³-hybridized carbons (Fsp3) is 0.458. The minimum Gasteiger partial charge on any atom is -0.444 e. The number of sulfonamides is 1. The standard InChI is InChI=1S/C24H29F2N3O5S/c1-24(2,3)34-23(30)28-20-11-16(13-33-21(20)18-10-15(25)8-9-19(18)26)29-12-14-6-4-5-7-17(14)22(29)35(27,31)32/h4-10,16,20-22H,11-13H2,1-3H3,(H,28,30)(H2,27,31,32)/t16-,20+,21-,22?/m1/s1. The Kier molecular flexibility index (Phi) is 6.89. The van der Waals surface area contributed by atoms with Crippen LogP contribution < -0.4 is 10.5 Å². The van der Waals surface area contributed by atoms with Crippen molar-refractivity contribution < 1.29 is 31.5 Å². The molecule has 2 heterocycles. The third-order valence-corrected chi connectivity index (χ3v) is 7.23. The summed E-state index contributed by atoms with van der Waals surface area (Å²) in [6.07, 6.45) is -1.56. The van der Waals surface area contributed by atoms with Crippen LogP contribution in [0.25, 0.3) is 0 Å². The van der Waals surface area contributed by atoms with Gasteiger partial charge >= 0.3 is 6.09 Å². The maximum atomic E-state index is 14.6. The lowest BCUT2D eigenvalue weighted by molar-refractivity contribution is -0.0639. The number of fused-ring (bicyclic) bond motifs is 1. The Morgan fingerprint density at radius 3 is 2.57 bits per heavy atom. The Morgan fingerprint density at radius 2 is 1.89 bits per heavy atom. The van der Waals surface area contributed by atoms with Crippen molar-refractivity contribution >= 4 is 16.1 Å². The Morgan fingerprint density at radius 1 is 1.17 bits per heavy atom. The van der Waals surface area contributed by atoms with Crippen LogP contribution in [0.4, 0.5) is 13.6 Å². The first-order valence-electron chi connectivity index (χ1n) is 11.2. The molecular weight excluding hydrogens is 480 g/mol. The zero-order valence-electron chi connectivity index (χ0n) is 19.7. The fourth-order valence-electron chi connectivity index (χ4n) is 4.74. The summed E-state index contributed by atoms with van der Waals surface area (Å²) < 4.78 is 65.0. The number of carbonyl (C=O) groups excluding carboxylic acids is 1. The van der Waals surface area contributed by atoms with Crippen LogP contribution in [0.2, 0.25) is 0 Å². The van der Waals surface area contributed by atoms with E-state index < -0.39 is 56.9 Å². The number of nitrogens with zero attached hydrogens (tertiary/aromatic N) is 1. The van der Waals surface area contributed by atoms with E-state index in [2.05, 4.69) is 5.32 Å². The monoisotopic (exact) mass is 509 g/mol. The van der Waals surface area contributed by atoms with Gasteiger partial charge in [0.15, 0.2) is 5.37 Å². The largest absolute Gasteiger partial charge is 0.444 e. The number of hydrogen-bond donors (Lipinski definition) is 2. The SMILES string of the molecule is CC(C)(C)OC(=O)N[C@H]1C[C@@H](N2Cc3ccccc3C2S(N)(=O)=O)CO[C@@H]1c1cc(F)ccc1F. The number of hydrogen-bond acceptors (Lipinski definition) is 6. The van der Waals surface area contributed by atoms with Gasteiger partial charge in [0.1, 0.15) is 23.3 Å². The molecule has 1 amide bonds. The highest BCUT2D eigenvalue weighted by atomic mass is 32.2. The van der Waals surface area contributed by atoms with Crippen LogP contribution in [0, 0.1) is 11.6 Å². The van der Waals surface area contributed by atoms with E-state index in [0.29, 0.717) is 12.1 Å². The third kappa shape index (κ3) is 5.64. The average molecular weight is 510 g/mol. The Hall–Kier alpha value is -2.60. The van der Waals surface area contributed by atoms with E-state index in [1.54, 1.807) is 37.8 Å². The Balaban J connectivity index is 1.65. The Bertz CT molecular complexity index is 1220. The van der Waals surface area contributed by atoms with Gasteiger partial charge in [-0.1, -0.05) is 24.3 Å². The van der Waals surface area contributed by atoms with Crippen molar-refractivity contribution in [1.82, 2.24) is 10.2 Å². The molecule has 0 aromatic heterocycles. The van der Waals surface area contributed by atoms with Crippen LogP contribution in [-0.2, 0) is 26.0 Å². The lowest BCUT2D eigenvalue weighted by Crippen LogP contribution is -2.53. The molecule has 0 radical (unpaired) electrons. The van der Waals surface area contributed by atoms with E-state index in [-0.39, 0.29) is 18.6 Å². The normalized spacial score (nSPS) is 25.2. The van der Waals surface area contributed by atoms with Crippen LogP contribution in [0.5, 0.6) is 0 Å². The molecule has 3 N–H and O–H groups in total. The van der Waals surface area contributed by atoms with Crippen LogP contribution in [0.1, 0.15) is 55.4 Å². The Labute approximate surface area is 203 Å². The third-order valence-electron chi connectivity index (χ3n) is 6.08. The smallest absolute Gasteiger partial charge is 0.407 e. The summed E-state index contributed by atoms with van der Waals surface area (Å²) in [5, 5.41) is 7.23. The van der Waals surface area contributed by atoms with Gasteiger partial charge in [-0.25, -0.2) is 27.1 Å². The second-order valence-corrected chi connectivity index (χ2v) is 11.5. The first-order valence-corrected chi connectivity index (χ1v) is 12.9. The summed E-state index contributed by atoms with van der Waals surface area (Å²) in [7, 11) is -4.01. The summed E-state index contributed by atoms with van der Waals surface area (Å²) >= 11 is 0. The number of primary sulfonamides is 1. The second-order valence-electron chi connectivity index (χ2n) is 9.87. The molecule has 0 saturated carbocycles. The van der Waals surface area contributed by atoms with E-state index in [9.17, 15) is 22.0 Å². The molecule has 190 valence electrons. The van der Waals surface area contributed by atoms with E-state index in [1.165, 1.54) is 0 Å². The molecule has 4 rings (SSSR count). The number of nitrogens with two attached hydrogens (primary N) is 1. The van der Waals surface area contributed by atoms with E-state index in [4.69, 9.17) is 14.6 Å². The highest BCUT2D eigenvalue weighted by Crippen LogP contribution is 2.41. The van der Waals surface area contributed by atoms with Crippen molar-refractivity contribution in [2.24, 2.45) is 5.14 Å². The predicted octanol–water partition coefficient (Wildman–Crippen LogP) is 3.49. The van der Waals surface area contributed by atoms with E-state index in [1.807, 2.05) is 12.1 Å². The van der Waals surface area contributed by atoms with Gasteiger partial charge in [-0.2, -0.15) is 0 Å². The van der Waals surface area contributed by atoms with Gasteiger partial charge in [0.05, 0.1) is 12.6 Å². The van der Waals surface area contributed by atoms with Crippen molar-refractivity contribution in [2.75, 3.05) is 6.61 Å². The molecule has 2 aromatic carbocycles. The minimum atomic E-state index is -4.01. The molecule has 8 nitrogen and oxygen atoms in total. The van der Waals surface area contributed by atoms with Crippen molar-refractivity contribution in [2.45, 2.75) is 62.9 Å². The van der Waals surface area contributed by atoms with Gasteiger partial charge in [-0.3, -0.25) is 4.90 Å². The van der Waals surface area contributed by atoms with Crippen LogP contribution >= 0.6 is 0 Å². The average Bonchev–Trinajstić information content (AvgIpc) is 3.14. The number of halogens is 2. The summed E-state index contributed by atoms with van der Waals surface area (Å²) in [5.74, 6) is -1.32. The van der Waals surface area contributed by atoms with Gasteiger partial charge < -0.3 is 14.8 Å². The topological polar surface area (TPSA) is 111 Å². The quantitative estimate of drug-likeness (QED) is 0.653. The predicted molar refractivity (Wildman–Crippen MR) is 124 cm³/mol. The lowest BCUT2D eigenvalue weighted by atomic mass is 9.92. The molecular formula is C24H29F2N3O5S. The summed E-state index contributed by atoms with van der Waals surface area (Å²) in [6.45, 7) is 5.44. The molecule has 0 aliphatic carbocycles. The summed E-state index contributed by atoms with van der Waals surface area (Å²) in [4.78, 5) is 14.3. The summed E-state index contributed by atoms with van der Waals surface area (Å²) in [6, 6.07) is 8.82. The van der Waals surface area contributed by atoms with E-state index >= 15 is 0 Å². The van der Waals surface area contributed by atoms with Crippen molar-refractivity contribution in [3.05, 3.63) is 70.8 Å². The molecule has 1 fully saturated rings. The van der Waals surface area contributed by atoms with Gasteiger partial charge in [0.2, 0.25) is 10.0 Å². The molecule has 2 aromatic rings. The molecule has 1 unspecified atom stereocenters. The minimum absolute atomic E-state index is 0.0210. The highest BCUT2D eigenvalue weighted by molar-refractivity contribution is 7.89. The summed E-state index contributed by atoms with van der Waals surface area (Å²) in [5.41, 5.74) is 0.581. The molecule has 1 saturated heterocycles. The molecule has 11 heteroatoms. The van der Waals surface area contributed by atoms with Gasteiger partial charge in [-0.15, -0.1) is 0 Å². The molecule has 0 spiro atoms. The molecule has 35 heavy (non-hydrogen) atoms. The van der Waals surface area contributed by atoms with Gasteiger partial charge in [-0.05, 0) is 56.5 Å². The molecule has 2 aliphatic rings. The van der Waals surface area contributed by atoms with Crippen molar-refractivity contribution in [3.63, 3.8) is 0 Å². The number of rotatable bonds is 4. The maximum absolute atomic E-state index is 14.6. The number of alkyl carbamates (subject to hydrolysis) is 1. The fourth-order valence-corrected chi connectivity index (χ4v) is 5.95. The van der Waals surface area contributed by atoms with Gasteiger partial charge in [0.25, 0.3) is 0 Å². The van der Waals surface area contributed by atoms with Crippen LogP contribution in [-0.4, -0.2) is 43.7 Å². The number of amides is 1. The van der Waals surface area contributed by atoms with Crippen molar-refractivity contribution in [3.8, 4) is 0 Å². The van der Waals surface area contributed by atoms with E-state index in [0.717, 1.165) is 23.8 Å². The number of ether oxygens (including phenoxy) is 2. The second kappa shape index (κ2) is 9.45. The first kappa shape index (κ1) is 25.5. The van der Waals surface area contributed by atoms with Crippen LogP contribution in [0.3, 0.4) is 0 Å². The highest BCUT2D eigenvalue weighted by Gasteiger charge is 2.45. The van der Waals surface area contributed by atoms with Gasteiger partial charge in [0, 0.05) is 18.2 Å². The first-order chi connectivity index (χ1) is 16.3.